The number of benzene rings is 2. The standard InChI is InChI=1S/C19H18O3/c1-4-6-15(20)13-7-5-8-16-17(13)18(21)14-10-9-11(2)12(3)19(14)22-16/h5-10,20H,4H2,1-3H3. The fraction of sp³-hybridized carbons (Fsp3) is 0.211. The molecule has 1 heterocycles. The van der Waals surface area contributed by atoms with E-state index in [0.29, 0.717) is 33.9 Å². The normalized spacial score (nSPS) is 12.2. The van der Waals surface area contributed by atoms with E-state index >= 15 is 0 Å². The molecule has 0 unspecified atom stereocenters. The first-order valence-corrected chi connectivity index (χ1v) is 7.39. The van der Waals surface area contributed by atoms with E-state index in [4.69, 9.17) is 4.42 Å². The highest BCUT2D eigenvalue weighted by Crippen LogP contribution is 2.27. The molecule has 0 atom stereocenters. The Labute approximate surface area is 128 Å². The van der Waals surface area contributed by atoms with Gasteiger partial charge in [-0.15, -0.1) is 0 Å². The van der Waals surface area contributed by atoms with Crippen molar-refractivity contribution in [3.8, 4) is 0 Å². The van der Waals surface area contributed by atoms with Crippen molar-refractivity contribution < 1.29 is 9.52 Å². The molecule has 0 saturated heterocycles. The van der Waals surface area contributed by atoms with Crippen molar-refractivity contribution in [3.05, 3.63) is 63.3 Å². The zero-order chi connectivity index (χ0) is 15.9. The van der Waals surface area contributed by atoms with E-state index < -0.39 is 0 Å². The average molecular weight is 294 g/mol. The van der Waals surface area contributed by atoms with E-state index in [1.807, 2.05) is 26.8 Å². The van der Waals surface area contributed by atoms with E-state index in [-0.39, 0.29) is 11.2 Å². The molecule has 0 aliphatic rings. The van der Waals surface area contributed by atoms with Crippen LogP contribution in [0.5, 0.6) is 0 Å². The van der Waals surface area contributed by atoms with Crippen molar-refractivity contribution in [1.29, 1.82) is 0 Å². The largest absolute Gasteiger partial charge is 0.508 e. The molecule has 0 amide bonds. The Morgan fingerprint density at radius 1 is 1.23 bits per heavy atom. The van der Waals surface area contributed by atoms with Crippen LogP contribution in [0.25, 0.3) is 27.7 Å². The van der Waals surface area contributed by atoms with Gasteiger partial charge in [-0.05, 0) is 49.6 Å². The molecule has 3 heteroatoms. The lowest BCUT2D eigenvalue weighted by Gasteiger charge is -2.09. The maximum absolute atomic E-state index is 12.9. The summed E-state index contributed by atoms with van der Waals surface area (Å²) >= 11 is 0. The maximum Gasteiger partial charge on any atom is 0.201 e. The lowest BCUT2D eigenvalue weighted by molar-refractivity contribution is 0.510. The lowest BCUT2D eigenvalue weighted by Crippen LogP contribution is -2.06. The smallest absolute Gasteiger partial charge is 0.201 e. The first-order chi connectivity index (χ1) is 10.5. The average Bonchev–Trinajstić information content (AvgIpc) is 2.51. The second-order valence-corrected chi connectivity index (χ2v) is 5.49. The van der Waals surface area contributed by atoms with Crippen LogP contribution in [0.15, 0.2) is 45.6 Å². The molecule has 0 aliphatic carbocycles. The topological polar surface area (TPSA) is 50.4 Å². The zero-order valence-corrected chi connectivity index (χ0v) is 12.9. The summed E-state index contributed by atoms with van der Waals surface area (Å²) in [6.07, 6.45) is 2.39. The van der Waals surface area contributed by atoms with Gasteiger partial charge in [-0.2, -0.15) is 0 Å². The Bertz CT molecular complexity index is 962. The summed E-state index contributed by atoms with van der Waals surface area (Å²) in [5.41, 5.74) is 3.59. The van der Waals surface area contributed by atoms with Gasteiger partial charge in [-0.1, -0.05) is 25.1 Å². The lowest BCUT2D eigenvalue weighted by atomic mass is 10.0. The summed E-state index contributed by atoms with van der Waals surface area (Å²) in [7, 11) is 0. The van der Waals surface area contributed by atoms with Gasteiger partial charge in [0.2, 0.25) is 5.43 Å². The first kappa shape index (κ1) is 14.4. The Kier molecular flexibility index (Phi) is 3.49. The van der Waals surface area contributed by atoms with Gasteiger partial charge < -0.3 is 9.52 Å². The number of hydrogen-bond acceptors (Lipinski definition) is 3. The third-order valence-corrected chi connectivity index (χ3v) is 4.06. The molecule has 3 rings (SSSR count). The summed E-state index contributed by atoms with van der Waals surface area (Å²) in [4.78, 5) is 12.9. The molecule has 0 radical (unpaired) electrons. The monoisotopic (exact) mass is 294 g/mol. The Morgan fingerprint density at radius 3 is 2.73 bits per heavy atom. The SMILES string of the molecule is CCC=C(O)c1cccc2oc3c(C)c(C)ccc3c(=O)c12. The molecule has 3 nitrogen and oxygen atoms in total. The highest BCUT2D eigenvalue weighted by molar-refractivity contribution is 5.96. The summed E-state index contributed by atoms with van der Waals surface area (Å²) in [6, 6.07) is 9.01. The van der Waals surface area contributed by atoms with Crippen molar-refractivity contribution in [2.45, 2.75) is 27.2 Å². The van der Waals surface area contributed by atoms with E-state index in [0.717, 1.165) is 11.1 Å². The number of rotatable bonds is 2. The molecule has 0 spiro atoms. The van der Waals surface area contributed by atoms with Gasteiger partial charge in [0.1, 0.15) is 16.9 Å². The van der Waals surface area contributed by atoms with Crippen LogP contribution in [0.2, 0.25) is 0 Å². The van der Waals surface area contributed by atoms with E-state index in [1.54, 1.807) is 30.3 Å². The first-order valence-electron chi connectivity index (χ1n) is 7.39. The van der Waals surface area contributed by atoms with Crippen LogP contribution in [0, 0.1) is 13.8 Å². The summed E-state index contributed by atoms with van der Waals surface area (Å²) in [6.45, 7) is 5.88. The number of aliphatic hydroxyl groups is 1. The van der Waals surface area contributed by atoms with Crippen LogP contribution in [-0.2, 0) is 0 Å². The Hall–Kier alpha value is -2.55. The van der Waals surface area contributed by atoms with Gasteiger partial charge in [0, 0.05) is 5.56 Å². The molecule has 22 heavy (non-hydrogen) atoms. The van der Waals surface area contributed by atoms with Gasteiger partial charge in [-0.3, -0.25) is 4.79 Å². The number of allylic oxidation sites excluding steroid dienone is 1. The van der Waals surface area contributed by atoms with Crippen LogP contribution < -0.4 is 5.43 Å². The third-order valence-electron chi connectivity index (χ3n) is 4.06. The molecular formula is C19H18O3. The fourth-order valence-corrected chi connectivity index (χ4v) is 2.71. The van der Waals surface area contributed by atoms with Crippen molar-refractivity contribution in [2.75, 3.05) is 0 Å². The van der Waals surface area contributed by atoms with E-state index in [9.17, 15) is 9.90 Å². The van der Waals surface area contributed by atoms with Crippen LogP contribution in [0.1, 0.15) is 30.0 Å². The highest BCUT2D eigenvalue weighted by atomic mass is 16.3. The highest BCUT2D eigenvalue weighted by Gasteiger charge is 2.15. The van der Waals surface area contributed by atoms with Gasteiger partial charge in [0.25, 0.3) is 0 Å². The quantitative estimate of drug-likeness (QED) is 0.541. The minimum Gasteiger partial charge on any atom is -0.508 e. The van der Waals surface area contributed by atoms with E-state index in [1.165, 1.54) is 0 Å². The fourth-order valence-electron chi connectivity index (χ4n) is 2.71. The van der Waals surface area contributed by atoms with Crippen LogP contribution >= 0.6 is 0 Å². The molecule has 0 bridgehead atoms. The minimum atomic E-state index is -0.106. The summed E-state index contributed by atoms with van der Waals surface area (Å²) in [5, 5.41) is 11.2. The number of hydrogen-bond donors (Lipinski definition) is 1. The predicted molar refractivity (Wildman–Crippen MR) is 90.4 cm³/mol. The van der Waals surface area contributed by atoms with Crippen molar-refractivity contribution in [3.63, 3.8) is 0 Å². The second kappa shape index (κ2) is 5.34. The second-order valence-electron chi connectivity index (χ2n) is 5.49. The summed E-state index contributed by atoms with van der Waals surface area (Å²) in [5.74, 6) is 0.114. The van der Waals surface area contributed by atoms with Gasteiger partial charge in [0.05, 0.1) is 10.8 Å². The predicted octanol–water partition coefficient (Wildman–Crippen LogP) is 4.87. The Morgan fingerprint density at radius 2 is 2.00 bits per heavy atom. The molecular weight excluding hydrogens is 276 g/mol. The van der Waals surface area contributed by atoms with Crippen molar-refractivity contribution in [2.24, 2.45) is 0 Å². The zero-order valence-electron chi connectivity index (χ0n) is 12.9. The molecule has 0 fully saturated rings. The van der Waals surface area contributed by atoms with Crippen LogP contribution in [0.3, 0.4) is 0 Å². The van der Waals surface area contributed by atoms with Crippen LogP contribution in [0.4, 0.5) is 0 Å². The number of fused-ring (bicyclic) bond motifs is 2. The van der Waals surface area contributed by atoms with Gasteiger partial charge in [-0.25, -0.2) is 0 Å². The van der Waals surface area contributed by atoms with E-state index in [2.05, 4.69) is 0 Å². The maximum atomic E-state index is 12.9. The van der Waals surface area contributed by atoms with Crippen molar-refractivity contribution >= 4 is 27.7 Å². The molecule has 3 aromatic rings. The third kappa shape index (κ3) is 2.10. The van der Waals surface area contributed by atoms with Gasteiger partial charge >= 0.3 is 0 Å². The van der Waals surface area contributed by atoms with Gasteiger partial charge in [0.15, 0.2) is 0 Å². The molecule has 0 saturated carbocycles. The molecule has 1 N–H and O–H groups in total. The number of aryl methyl sites for hydroxylation is 2. The van der Waals surface area contributed by atoms with Crippen LogP contribution in [-0.4, -0.2) is 5.11 Å². The molecule has 112 valence electrons. The number of aliphatic hydroxyl groups excluding tert-OH is 1. The Balaban J connectivity index is 2.50. The molecule has 2 aromatic carbocycles. The van der Waals surface area contributed by atoms with Crippen molar-refractivity contribution in [1.82, 2.24) is 0 Å². The molecule has 0 aliphatic heterocycles. The minimum absolute atomic E-state index is 0.106. The molecule has 1 aromatic heterocycles. The summed E-state index contributed by atoms with van der Waals surface area (Å²) < 4.78 is 5.97.